The standard InChI is InChI=1S/C12H14N2O5S/c1-2-10(12(16)17)13-11(15)7-20-9-5-3-8(4-6-9)14(18)19/h3-6,10H,2,7H2,1H3,(H,13,15)(H,16,17)/t10-/m0/s1. The zero-order valence-electron chi connectivity index (χ0n) is 10.7. The number of carboxylic acid groups (broad SMARTS) is 1. The quantitative estimate of drug-likeness (QED) is 0.450. The number of amides is 1. The van der Waals surface area contributed by atoms with Gasteiger partial charge in [-0.2, -0.15) is 0 Å². The van der Waals surface area contributed by atoms with Crippen LogP contribution in [0.2, 0.25) is 0 Å². The van der Waals surface area contributed by atoms with Crippen molar-refractivity contribution in [2.45, 2.75) is 24.3 Å². The lowest BCUT2D eigenvalue weighted by molar-refractivity contribution is -0.384. The molecule has 0 saturated carbocycles. The molecule has 1 amide bonds. The molecule has 0 spiro atoms. The van der Waals surface area contributed by atoms with E-state index in [1.807, 2.05) is 0 Å². The van der Waals surface area contributed by atoms with Crippen molar-refractivity contribution in [2.24, 2.45) is 0 Å². The minimum absolute atomic E-state index is 0.0178. The van der Waals surface area contributed by atoms with Gasteiger partial charge in [0.25, 0.3) is 5.69 Å². The predicted octanol–water partition coefficient (Wildman–Crippen LogP) is 1.67. The minimum atomic E-state index is -1.07. The van der Waals surface area contributed by atoms with E-state index in [-0.39, 0.29) is 17.3 Å². The Hall–Kier alpha value is -2.09. The first-order chi connectivity index (χ1) is 9.43. The molecular formula is C12H14N2O5S. The van der Waals surface area contributed by atoms with Crippen molar-refractivity contribution in [3.63, 3.8) is 0 Å². The maximum atomic E-state index is 11.6. The number of hydrogen-bond acceptors (Lipinski definition) is 5. The second kappa shape index (κ2) is 7.49. The smallest absolute Gasteiger partial charge is 0.326 e. The average Bonchev–Trinajstić information content (AvgIpc) is 2.42. The summed E-state index contributed by atoms with van der Waals surface area (Å²) in [6.45, 7) is 1.67. The van der Waals surface area contributed by atoms with E-state index in [1.165, 1.54) is 23.9 Å². The zero-order chi connectivity index (χ0) is 15.1. The number of carboxylic acids is 1. The molecule has 0 aliphatic carbocycles. The fourth-order valence-corrected chi connectivity index (χ4v) is 2.10. The number of hydrogen-bond donors (Lipinski definition) is 2. The normalized spacial score (nSPS) is 11.7. The topological polar surface area (TPSA) is 110 Å². The van der Waals surface area contributed by atoms with Gasteiger partial charge in [0.15, 0.2) is 0 Å². The molecule has 1 rings (SSSR count). The molecule has 1 aromatic rings. The molecule has 7 nitrogen and oxygen atoms in total. The lowest BCUT2D eigenvalue weighted by Crippen LogP contribution is -2.41. The number of nitro groups is 1. The van der Waals surface area contributed by atoms with Crippen LogP contribution in [0.15, 0.2) is 29.2 Å². The van der Waals surface area contributed by atoms with Gasteiger partial charge in [-0.05, 0) is 18.6 Å². The van der Waals surface area contributed by atoms with E-state index in [9.17, 15) is 19.7 Å². The number of non-ortho nitro benzene ring substituents is 1. The highest BCUT2D eigenvalue weighted by atomic mass is 32.2. The molecule has 20 heavy (non-hydrogen) atoms. The van der Waals surface area contributed by atoms with Gasteiger partial charge in [-0.1, -0.05) is 6.92 Å². The van der Waals surface area contributed by atoms with Gasteiger partial charge in [0, 0.05) is 17.0 Å². The van der Waals surface area contributed by atoms with Crippen molar-refractivity contribution >= 4 is 29.3 Å². The molecule has 1 atom stereocenters. The summed E-state index contributed by atoms with van der Waals surface area (Å²) >= 11 is 1.19. The van der Waals surface area contributed by atoms with Crippen LogP contribution in [0.4, 0.5) is 5.69 Å². The largest absolute Gasteiger partial charge is 0.480 e. The summed E-state index contributed by atoms with van der Waals surface area (Å²) in [7, 11) is 0. The molecule has 0 aliphatic heterocycles. The van der Waals surface area contributed by atoms with Crippen LogP contribution in [0.1, 0.15) is 13.3 Å². The van der Waals surface area contributed by atoms with Crippen LogP contribution in [-0.2, 0) is 9.59 Å². The summed E-state index contributed by atoms with van der Waals surface area (Å²) in [6, 6.07) is 4.91. The van der Waals surface area contributed by atoms with E-state index in [0.29, 0.717) is 11.3 Å². The van der Waals surface area contributed by atoms with E-state index >= 15 is 0 Å². The Balaban J connectivity index is 2.48. The number of nitrogens with zero attached hydrogens (tertiary/aromatic N) is 1. The second-order valence-electron chi connectivity index (χ2n) is 3.91. The van der Waals surface area contributed by atoms with Crippen LogP contribution >= 0.6 is 11.8 Å². The van der Waals surface area contributed by atoms with Gasteiger partial charge >= 0.3 is 5.97 Å². The predicted molar refractivity (Wildman–Crippen MR) is 73.7 cm³/mol. The molecule has 0 aromatic heterocycles. The maximum absolute atomic E-state index is 11.6. The third-order valence-electron chi connectivity index (χ3n) is 2.46. The highest BCUT2D eigenvalue weighted by Gasteiger charge is 2.17. The number of carbonyl (C=O) groups excluding carboxylic acids is 1. The molecule has 0 saturated heterocycles. The Bertz CT molecular complexity index is 503. The second-order valence-corrected chi connectivity index (χ2v) is 4.96. The van der Waals surface area contributed by atoms with Crippen LogP contribution < -0.4 is 5.32 Å². The number of thioether (sulfide) groups is 1. The fraction of sp³-hybridized carbons (Fsp3) is 0.333. The third-order valence-corrected chi connectivity index (χ3v) is 3.47. The van der Waals surface area contributed by atoms with Crippen LogP contribution in [0.3, 0.4) is 0 Å². The molecule has 2 N–H and O–H groups in total. The van der Waals surface area contributed by atoms with Crippen molar-refractivity contribution in [1.29, 1.82) is 0 Å². The van der Waals surface area contributed by atoms with Gasteiger partial charge in [0.05, 0.1) is 10.7 Å². The first-order valence-electron chi connectivity index (χ1n) is 5.83. The summed E-state index contributed by atoms with van der Waals surface area (Å²) in [5.74, 6) is -1.40. The first-order valence-corrected chi connectivity index (χ1v) is 6.82. The molecule has 0 heterocycles. The van der Waals surface area contributed by atoms with Crippen molar-refractivity contribution in [3.05, 3.63) is 34.4 Å². The maximum Gasteiger partial charge on any atom is 0.326 e. The number of carbonyl (C=O) groups is 2. The van der Waals surface area contributed by atoms with Gasteiger partial charge in [-0.3, -0.25) is 14.9 Å². The summed E-state index contributed by atoms with van der Waals surface area (Å²) in [6.07, 6.45) is 0.309. The fourth-order valence-electron chi connectivity index (χ4n) is 1.39. The third kappa shape index (κ3) is 4.88. The van der Waals surface area contributed by atoms with Crippen LogP contribution in [0.5, 0.6) is 0 Å². The van der Waals surface area contributed by atoms with Gasteiger partial charge in [-0.15, -0.1) is 11.8 Å². The summed E-state index contributed by atoms with van der Waals surface area (Å²) in [5.41, 5.74) is -0.0178. The Morgan fingerprint density at radius 2 is 2.00 bits per heavy atom. The van der Waals surface area contributed by atoms with E-state index < -0.39 is 16.9 Å². The highest BCUT2D eigenvalue weighted by Crippen LogP contribution is 2.21. The van der Waals surface area contributed by atoms with Gasteiger partial charge in [-0.25, -0.2) is 4.79 Å². The number of benzene rings is 1. The van der Waals surface area contributed by atoms with Gasteiger partial charge in [0.2, 0.25) is 5.91 Å². The van der Waals surface area contributed by atoms with E-state index in [2.05, 4.69) is 5.32 Å². The van der Waals surface area contributed by atoms with Crippen molar-refractivity contribution in [1.82, 2.24) is 5.32 Å². The molecular weight excluding hydrogens is 284 g/mol. The Morgan fingerprint density at radius 1 is 1.40 bits per heavy atom. The first kappa shape index (κ1) is 16.0. The molecule has 0 unspecified atom stereocenters. The Kier molecular flexibility index (Phi) is 5.98. The average molecular weight is 298 g/mol. The van der Waals surface area contributed by atoms with E-state index in [1.54, 1.807) is 19.1 Å². The van der Waals surface area contributed by atoms with Crippen molar-refractivity contribution in [3.8, 4) is 0 Å². The van der Waals surface area contributed by atoms with E-state index in [0.717, 1.165) is 0 Å². The van der Waals surface area contributed by atoms with Crippen LogP contribution in [0, 0.1) is 10.1 Å². The lowest BCUT2D eigenvalue weighted by Gasteiger charge is -2.11. The number of aliphatic carboxylic acids is 1. The van der Waals surface area contributed by atoms with Gasteiger partial charge < -0.3 is 10.4 Å². The van der Waals surface area contributed by atoms with E-state index in [4.69, 9.17) is 5.11 Å². The molecule has 0 radical (unpaired) electrons. The monoisotopic (exact) mass is 298 g/mol. The number of nitro benzene ring substituents is 1. The highest BCUT2D eigenvalue weighted by molar-refractivity contribution is 8.00. The number of nitrogens with one attached hydrogen (secondary N) is 1. The molecule has 108 valence electrons. The Morgan fingerprint density at radius 3 is 2.45 bits per heavy atom. The molecule has 0 bridgehead atoms. The molecule has 1 aromatic carbocycles. The molecule has 0 fully saturated rings. The van der Waals surface area contributed by atoms with Crippen molar-refractivity contribution in [2.75, 3.05) is 5.75 Å². The van der Waals surface area contributed by atoms with Gasteiger partial charge in [0.1, 0.15) is 6.04 Å². The molecule has 8 heteroatoms. The van der Waals surface area contributed by atoms with Crippen LogP contribution in [-0.4, -0.2) is 33.7 Å². The molecule has 0 aliphatic rings. The minimum Gasteiger partial charge on any atom is -0.480 e. The lowest BCUT2D eigenvalue weighted by atomic mass is 10.2. The summed E-state index contributed by atoms with van der Waals surface area (Å²) in [4.78, 5) is 33.0. The summed E-state index contributed by atoms with van der Waals surface area (Å²) < 4.78 is 0. The zero-order valence-corrected chi connectivity index (χ0v) is 11.6. The summed E-state index contributed by atoms with van der Waals surface area (Å²) in [5, 5.41) is 21.7. The van der Waals surface area contributed by atoms with Crippen molar-refractivity contribution < 1.29 is 19.6 Å². The Labute approximate surface area is 119 Å². The SMILES string of the molecule is CC[C@H](NC(=O)CSc1ccc([N+](=O)[O-])cc1)C(=O)O. The van der Waals surface area contributed by atoms with Crippen LogP contribution in [0.25, 0.3) is 0 Å². The number of rotatable bonds is 7.